The third-order valence-electron chi connectivity index (χ3n) is 4.65. The molecule has 0 bridgehead atoms. The zero-order valence-electron chi connectivity index (χ0n) is 16.0. The van der Waals surface area contributed by atoms with E-state index in [-0.39, 0.29) is 6.61 Å². The van der Waals surface area contributed by atoms with Crippen molar-refractivity contribution in [1.82, 2.24) is 5.32 Å². The number of aryl methyl sites for hydroxylation is 2. The average molecular weight is 374 g/mol. The zero-order chi connectivity index (χ0) is 20.1. The summed E-state index contributed by atoms with van der Waals surface area (Å²) < 4.78 is 10.9. The molecule has 0 aliphatic rings. The van der Waals surface area contributed by atoms with E-state index in [1.165, 1.54) is 0 Å². The van der Waals surface area contributed by atoms with E-state index >= 15 is 0 Å². The molecule has 0 saturated heterocycles. The molecule has 146 valence electrons. The standard InChI is InChI=1S/C20H25NO6/c1-5-6-7-15(19(23)24)21-17(22)10-26-16-9-8-14-11(2)12(3)20(25)27-18(14)13(16)4/h8-9,15H,5-7,10H2,1-4H3,(H,21,22)(H,23,24)/p-1/t15-/m1/s1. The number of unbranched alkanes of at least 4 members (excludes halogenated alkanes) is 1. The molecule has 1 N–H and O–H groups in total. The van der Waals surface area contributed by atoms with Crippen molar-refractivity contribution >= 4 is 22.8 Å². The van der Waals surface area contributed by atoms with Gasteiger partial charge < -0.3 is 24.4 Å². The van der Waals surface area contributed by atoms with Crippen LogP contribution in [0.4, 0.5) is 0 Å². The molecular weight excluding hydrogens is 350 g/mol. The number of fused-ring (bicyclic) bond motifs is 1. The summed E-state index contributed by atoms with van der Waals surface area (Å²) in [5.74, 6) is -1.48. The summed E-state index contributed by atoms with van der Waals surface area (Å²) in [7, 11) is 0. The number of ether oxygens (including phenoxy) is 1. The maximum atomic E-state index is 12.0. The van der Waals surface area contributed by atoms with E-state index in [0.29, 0.717) is 35.3 Å². The molecule has 1 amide bonds. The molecule has 1 heterocycles. The van der Waals surface area contributed by atoms with Crippen molar-refractivity contribution in [1.29, 1.82) is 0 Å². The van der Waals surface area contributed by atoms with Gasteiger partial charge in [-0.25, -0.2) is 4.79 Å². The first-order valence-electron chi connectivity index (χ1n) is 8.92. The Balaban J connectivity index is 2.14. The van der Waals surface area contributed by atoms with E-state index in [0.717, 1.165) is 17.4 Å². The Morgan fingerprint density at radius 3 is 2.52 bits per heavy atom. The fourth-order valence-corrected chi connectivity index (χ4v) is 2.82. The molecule has 7 nitrogen and oxygen atoms in total. The van der Waals surface area contributed by atoms with Gasteiger partial charge in [-0.2, -0.15) is 0 Å². The van der Waals surface area contributed by atoms with E-state index < -0.39 is 23.5 Å². The minimum absolute atomic E-state index is 0.309. The molecule has 0 aliphatic heterocycles. The van der Waals surface area contributed by atoms with Crippen LogP contribution in [0, 0.1) is 20.8 Å². The van der Waals surface area contributed by atoms with Gasteiger partial charge in [-0.15, -0.1) is 0 Å². The number of benzene rings is 1. The Morgan fingerprint density at radius 2 is 1.89 bits per heavy atom. The Bertz CT molecular complexity index is 915. The number of hydrogen-bond donors (Lipinski definition) is 1. The molecule has 27 heavy (non-hydrogen) atoms. The van der Waals surface area contributed by atoms with Gasteiger partial charge in [0.15, 0.2) is 6.61 Å². The highest BCUT2D eigenvalue weighted by Crippen LogP contribution is 2.29. The molecule has 0 fully saturated rings. The molecule has 1 atom stereocenters. The summed E-state index contributed by atoms with van der Waals surface area (Å²) in [6, 6.07) is 2.43. The molecule has 1 aromatic heterocycles. The molecule has 0 saturated carbocycles. The van der Waals surface area contributed by atoms with Crippen LogP contribution in [0.5, 0.6) is 5.75 Å². The average Bonchev–Trinajstić information content (AvgIpc) is 2.63. The number of aliphatic carboxylic acids is 1. The fraction of sp³-hybridized carbons (Fsp3) is 0.450. The first-order valence-corrected chi connectivity index (χ1v) is 8.92. The van der Waals surface area contributed by atoms with Crippen molar-refractivity contribution in [2.24, 2.45) is 0 Å². The number of carbonyl (C=O) groups excluding carboxylic acids is 2. The number of rotatable bonds is 8. The van der Waals surface area contributed by atoms with Crippen molar-refractivity contribution < 1.29 is 23.8 Å². The van der Waals surface area contributed by atoms with Crippen molar-refractivity contribution in [3.63, 3.8) is 0 Å². The fourth-order valence-electron chi connectivity index (χ4n) is 2.82. The molecule has 1 aromatic carbocycles. The predicted molar refractivity (Wildman–Crippen MR) is 98.7 cm³/mol. The van der Waals surface area contributed by atoms with Crippen LogP contribution in [0.3, 0.4) is 0 Å². The number of hydrogen-bond acceptors (Lipinski definition) is 6. The lowest BCUT2D eigenvalue weighted by molar-refractivity contribution is -0.308. The largest absolute Gasteiger partial charge is 0.548 e. The first-order chi connectivity index (χ1) is 12.8. The van der Waals surface area contributed by atoms with E-state index in [1.54, 1.807) is 26.0 Å². The Morgan fingerprint density at radius 1 is 1.19 bits per heavy atom. The second-order valence-corrected chi connectivity index (χ2v) is 6.57. The molecule has 0 spiro atoms. The summed E-state index contributed by atoms with van der Waals surface area (Å²) in [4.78, 5) is 35.0. The second kappa shape index (κ2) is 8.70. The Hall–Kier alpha value is -2.83. The van der Waals surface area contributed by atoms with Crippen LogP contribution < -0.4 is 20.8 Å². The number of nitrogens with one attached hydrogen (secondary N) is 1. The third kappa shape index (κ3) is 4.67. The lowest BCUT2D eigenvalue weighted by Crippen LogP contribution is -2.49. The van der Waals surface area contributed by atoms with E-state index in [9.17, 15) is 19.5 Å². The molecule has 0 aliphatic carbocycles. The number of carbonyl (C=O) groups is 2. The van der Waals surface area contributed by atoms with Gasteiger partial charge >= 0.3 is 5.63 Å². The Labute approximate surface area is 157 Å². The molecular formula is C20H24NO6-. The van der Waals surface area contributed by atoms with Gasteiger partial charge in [0.2, 0.25) is 0 Å². The quantitative estimate of drug-likeness (QED) is 0.702. The van der Waals surface area contributed by atoms with Gasteiger partial charge in [0.25, 0.3) is 5.91 Å². The lowest BCUT2D eigenvalue weighted by atomic mass is 10.0. The number of carboxylic acid groups (broad SMARTS) is 1. The first kappa shape index (κ1) is 20.5. The van der Waals surface area contributed by atoms with E-state index in [1.807, 2.05) is 13.8 Å². The summed E-state index contributed by atoms with van der Waals surface area (Å²) in [6.07, 6.45) is 1.79. The lowest BCUT2D eigenvalue weighted by Gasteiger charge is -2.19. The summed E-state index contributed by atoms with van der Waals surface area (Å²) in [5, 5.41) is 14.3. The third-order valence-corrected chi connectivity index (χ3v) is 4.65. The van der Waals surface area contributed by atoms with Crippen LogP contribution >= 0.6 is 0 Å². The van der Waals surface area contributed by atoms with Gasteiger partial charge in [-0.3, -0.25) is 4.79 Å². The molecule has 2 rings (SSSR count). The van der Waals surface area contributed by atoms with Gasteiger partial charge in [0, 0.05) is 16.5 Å². The van der Waals surface area contributed by atoms with Crippen molar-refractivity contribution in [2.45, 2.75) is 53.0 Å². The van der Waals surface area contributed by atoms with Crippen LogP contribution in [-0.2, 0) is 9.59 Å². The summed E-state index contributed by atoms with van der Waals surface area (Å²) >= 11 is 0. The van der Waals surface area contributed by atoms with E-state index in [2.05, 4.69) is 5.32 Å². The van der Waals surface area contributed by atoms with Gasteiger partial charge in [0.1, 0.15) is 11.3 Å². The normalized spacial score (nSPS) is 12.0. The second-order valence-electron chi connectivity index (χ2n) is 6.57. The molecule has 2 aromatic rings. The van der Waals surface area contributed by atoms with Crippen LogP contribution in [0.2, 0.25) is 0 Å². The smallest absolute Gasteiger partial charge is 0.339 e. The highest BCUT2D eigenvalue weighted by atomic mass is 16.5. The number of carboxylic acids is 1. The SMILES string of the molecule is CCCC[C@@H](NC(=O)COc1ccc2c(C)c(C)c(=O)oc2c1C)C(=O)[O-]. The molecule has 0 radical (unpaired) electrons. The maximum Gasteiger partial charge on any atom is 0.339 e. The summed E-state index contributed by atoms with van der Waals surface area (Å²) in [5.41, 5.74) is 1.99. The van der Waals surface area contributed by atoms with Crippen LogP contribution in [-0.4, -0.2) is 24.5 Å². The Kier molecular flexibility index (Phi) is 6.60. The van der Waals surface area contributed by atoms with Gasteiger partial charge in [-0.1, -0.05) is 19.8 Å². The summed E-state index contributed by atoms with van der Waals surface area (Å²) in [6.45, 7) is 6.87. The number of amides is 1. The predicted octanol–water partition coefficient (Wildman–Crippen LogP) is 1.52. The highest BCUT2D eigenvalue weighted by molar-refractivity contribution is 5.86. The zero-order valence-corrected chi connectivity index (χ0v) is 16.0. The molecule has 0 unspecified atom stereocenters. The minimum atomic E-state index is -1.31. The molecule has 7 heteroatoms. The van der Waals surface area contributed by atoms with E-state index in [4.69, 9.17) is 9.15 Å². The van der Waals surface area contributed by atoms with Crippen molar-refractivity contribution in [3.8, 4) is 5.75 Å². The topological polar surface area (TPSA) is 109 Å². The van der Waals surface area contributed by atoms with Crippen LogP contribution in [0.15, 0.2) is 21.3 Å². The van der Waals surface area contributed by atoms with Gasteiger partial charge in [0.05, 0.1) is 12.0 Å². The van der Waals surface area contributed by atoms with Crippen molar-refractivity contribution in [2.75, 3.05) is 6.61 Å². The van der Waals surface area contributed by atoms with Gasteiger partial charge in [-0.05, 0) is 44.9 Å². The maximum absolute atomic E-state index is 12.0. The van der Waals surface area contributed by atoms with Crippen LogP contribution in [0.1, 0.15) is 42.9 Å². The highest BCUT2D eigenvalue weighted by Gasteiger charge is 2.16. The minimum Gasteiger partial charge on any atom is -0.548 e. The van der Waals surface area contributed by atoms with Crippen LogP contribution in [0.25, 0.3) is 11.0 Å². The monoisotopic (exact) mass is 374 g/mol. The van der Waals surface area contributed by atoms with Crippen molar-refractivity contribution in [3.05, 3.63) is 39.2 Å².